The molecule has 2 N–H and O–H groups in total. The second kappa shape index (κ2) is 5.48. The third kappa shape index (κ3) is 1.65. The third-order valence-electron chi connectivity index (χ3n) is 12.9. The number of rotatable bonds is 0. The highest BCUT2D eigenvalue weighted by Crippen LogP contribution is 2.85. The van der Waals surface area contributed by atoms with Gasteiger partial charge < -0.3 is 29.2 Å². The minimum atomic E-state index is -2.09. The smallest absolute Gasteiger partial charge is 0.342 e. The van der Waals surface area contributed by atoms with Crippen LogP contribution in [0.15, 0.2) is 23.8 Å². The van der Waals surface area contributed by atoms with Gasteiger partial charge in [-0.3, -0.25) is 9.59 Å². The van der Waals surface area contributed by atoms with Crippen LogP contribution >= 0.6 is 0 Å². The Kier molecular flexibility index (Phi) is 3.23. The predicted molar refractivity (Wildman–Crippen MR) is 121 cm³/mol. The average molecular weight is 511 g/mol. The molecule has 0 aromatic carbocycles. The molecule has 0 aromatic rings. The van der Waals surface area contributed by atoms with Crippen molar-refractivity contribution in [2.75, 3.05) is 6.61 Å². The first kappa shape index (κ1) is 21.8. The topological polar surface area (TPSA) is 129 Å². The van der Waals surface area contributed by atoms with Gasteiger partial charge in [-0.25, -0.2) is 4.79 Å². The van der Waals surface area contributed by atoms with E-state index in [4.69, 9.17) is 18.9 Å². The van der Waals surface area contributed by atoms with Gasteiger partial charge >= 0.3 is 11.9 Å². The number of allylic oxidation sites excluding steroid dienone is 4. The monoisotopic (exact) mass is 510 g/mol. The van der Waals surface area contributed by atoms with E-state index >= 15 is 0 Å². The molecule has 1 spiro atoms. The summed E-state index contributed by atoms with van der Waals surface area (Å²) < 4.78 is 25.6. The predicted octanol–water partition coefficient (Wildman–Crippen LogP) is 0.959. The first-order valence-corrected chi connectivity index (χ1v) is 13.5. The number of fused-ring (bicyclic) bond motifs is 6. The maximum atomic E-state index is 13.7. The highest BCUT2D eigenvalue weighted by atomic mass is 16.8. The molecule has 7 fully saturated rings. The van der Waals surface area contributed by atoms with Crippen molar-refractivity contribution in [2.45, 2.75) is 80.7 Å². The summed E-state index contributed by atoms with van der Waals surface area (Å²) in [5, 5.41) is 25.7. The van der Waals surface area contributed by atoms with Crippen molar-refractivity contribution < 1.29 is 43.5 Å². The van der Waals surface area contributed by atoms with Crippen molar-refractivity contribution in [3.05, 3.63) is 23.8 Å². The standard InChI is InChI=1S/C28H30O9/c1-22-10-17-24(3)27-20(22)26(33)14(9-25(27,32)21(31)36-24)18-13(8-7-12-5-4-6-16(29)23(12,18)2)28(26,37-27)34-11-15(22)19(30)35-17/h4,6-7,13-15,17-18,20,32-33H,5,8-11H2,1-3H3/t13-,14-,15+,17-,18-,20-,22-,23-,24+,25+,26-,27+,28-/m1/s1. The van der Waals surface area contributed by atoms with Crippen LogP contribution in [0.4, 0.5) is 0 Å². The molecule has 0 aromatic heterocycles. The molecule has 0 unspecified atom stereocenters. The maximum Gasteiger partial charge on any atom is 0.342 e. The number of carbonyl (C=O) groups is 3. The van der Waals surface area contributed by atoms with E-state index in [0.29, 0.717) is 19.3 Å². The third-order valence-corrected chi connectivity index (χ3v) is 12.9. The lowest BCUT2D eigenvalue weighted by molar-refractivity contribution is -0.372. The van der Waals surface area contributed by atoms with E-state index in [1.807, 2.05) is 19.9 Å². The molecular formula is C28H30O9. The van der Waals surface area contributed by atoms with Crippen molar-refractivity contribution in [1.29, 1.82) is 0 Å². The van der Waals surface area contributed by atoms with Crippen LogP contribution < -0.4 is 0 Å². The lowest BCUT2D eigenvalue weighted by Gasteiger charge is -2.66. The number of esters is 2. The van der Waals surface area contributed by atoms with E-state index in [9.17, 15) is 24.6 Å². The number of ketones is 1. The van der Waals surface area contributed by atoms with Gasteiger partial charge in [0.2, 0.25) is 5.79 Å². The SMILES string of the molecule is C[C@]12C(=O)C=CCC1=CC[C@@H]1[C@@H]2[C@H]2C[C@]3(O)C(=O)O[C@@]4(C)[C@H]5C[C@@]6(C)[C@@H]7[C@@]2(O)[C@]1(OC[C@H]6C(=O)O5)O[C@@]743. The van der Waals surface area contributed by atoms with Crippen LogP contribution in [-0.2, 0) is 33.3 Å². The van der Waals surface area contributed by atoms with Gasteiger partial charge in [0.1, 0.15) is 11.7 Å². The molecule has 9 heteroatoms. The Morgan fingerprint density at radius 2 is 1.84 bits per heavy atom. The van der Waals surface area contributed by atoms with Crippen LogP contribution in [0.5, 0.6) is 0 Å². The van der Waals surface area contributed by atoms with Crippen LogP contribution in [0.2, 0.25) is 0 Å². The fourth-order valence-electron chi connectivity index (χ4n) is 11.6. The lowest BCUT2D eigenvalue weighted by atomic mass is 9.39. The van der Waals surface area contributed by atoms with E-state index in [1.165, 1.54) is 0 Å². The van der Waals surface area contributed by atoms with Crippen LogP contribution in [0.25, 0.3) is 0 Å². The van der Waals surface area contributed by atoms with E-state index in [2.05, 4.69) is 6.08 Å². The van der Waals surface area contributed by atoms with Crippen molar-refractivity contribution in [2.24, 2.45) is 40.4 Å². The lowest BCUT2D eigenvalue weighted by Crippen LogP contribution is -2.82. The minimum absolute atomic E-state index is 0.00202. The minimum Gasteiger partial charge on any atom is -0.458 e. The van der Waals surface area contributed by atoms with Crippen molar-refractivity contribution >= 4 is 17.7 Å². The molecule has 5 aliphatic carbocycles. The van der Waals surface area contributed by atoms with Crippen molar-refractivity contribution in [3.8, 4) is 0 Å². The van der Waals surface area contributed by atoms with Gasteiger partial charge in [0.05, 0.1) is 17.9 Å². The summed E-state index contributed by atoms with van der Waals surface area (Å²) >= 11 is 0. The Labute approximate surface area is 213 Å². The Morgan fingerprint density at radius 3 is 2.62 bits per heavy atom. The second-order valence-electron chi connectivity index (χ2n) is 13.7. The molecule has 0 amide bonds. The summed E-state index contributed by atoms with van der Waals surface area (Å²) in [5.41, 5.74) is -7.71. The van der Waals surface area contributed by atoms with Gasteiger partial charge in [0, 0.05) is 17.8 Å². The van der Waals surface area contributed by atoms with Crippen LogP contribution in [0.1, 0.15) is 46.5 Å². The Morgan fingerprint density at radius 1 is 1.05 bits per heavy atom. The molecule has 9 aliphatic rings. The molecule has 6 bridgehead atoms. The summed E-state index contributed by atoms with van der Waals surface area (Å²) in [4.78, 5) is 40.7. The van der Waals surface area contributed by atoms with E-state index in [0.717, 1.165) is 5.57 Å². The number of aliphatic hydroxyl groups is 2. The van der Waals surface area contributed by atoms with Gasteiger partial charge in [-0.05, 0) is 56.9 Å². The Balaban J connectivity index is 1.39. The fourth-order valence-corrected chi connectivity index (χ4v) is 11.6. The van der Waals surface area contributed by atoms with Crippen molar-refractivity contribution in [3.63, 3.8) is 0 Å². The van der Waals surface area contributed by atoms with Gasteiger partial charge in [-0.2, -0.15) is 0 Å². The molecule has 4 heterocycles. The normalized spacial score (nSPS) is 65.0. The molecule has 9 rings (SSSR count). The second-order valence-corrected chi connectivity index (χ2v) is 13.7. The molecule has 196 valence electrons. The Hall–Kier alpha value is -2.07. The Bertz CT molecular complexity index is 1340. The fraction of sp³-hybridized carbons (Fsp3) is 0.750. The van der Waals surface area contributed by atoms with E-state index in [1.54, 1.807) is 13.0 Å². The summed E-state index contributed by atoms with van der Waals surface area (Å²) in [6.07, 6.45) is 6.15. The molecule has 13 atom stereocenters. The van der Waals surface area contributed by atoms with Crippen LogP contribution in [-0.4, -0.2) is 68.8 Å². The highest BCUT2D eigenvalue weighted by Gasteiger charge is 3.01. The molecule has 4 aliphatic heterocycles. The zero-order chi connectivity index (χ0) is 25.8. The molecule has 4 saturated heterocycles. The zero-order valence-electron chi connectivity index (χ0n) is 21.0. The molecule has 0 radical (unpaired) electrons. The zero-order valence-corrected chi connectivity index (χ0v) is 21.0. The number of ether oxygens (including phenoxy) is 4. The largest absolute Gasteiger partial charge is 0.458 e. The molecule has 9 nitrogen and oxygen atoms in total. The number of hydrogen-bond donors (Lipinski definition) is 2. The van der Waals surface area contributed by atoms with E-state index in [-0.39, 0.29) is 18.8 Å². The summed E-state index contributed by atoms with van der Waals surface area (Å²) in [6.45, 7) is 5.53. The van der Waals surface area contributed by atoms with Gasteiger partial charge in [0.15, 0.2) is 22.6 Å². The molecule has 3 saturated carbocycles. The first-order chi connectivity index (χ1) is 17.4. The van der Waals surface area contributed by atoms with Crippen LogP contribution in [0.3, 0.4) is 0 Å². The number of hydrogen-bond acceptors (Lipinski definition) is 9. The molecule has 37 heavy (non-hydrogen) atoms. The highest BCUT2D eigenvalue weighted by molar-refractivity contribution is 5.99. The van der Waals surface area contributed by atoms with Crippen molar-refractivity contribution in [1.82, 2.24) is 0 Å². The number of carbonyl (C=O) groups excluding carboxylic acids is 3. The van der Waals surface area contributed by atoms with Gasteiger partial charge in [-0.15, -0.1) is 0 Å². The van der Waals surface area contributed by atoms with Gasteiger partial charge in [-0.1, -0.05) is 24.6 Å². The maximum absolute atomic E-state index is 13.7. The average Bonchev–Trinajstić information content (AvgIpc) is 3.21. The first-order valence-electron chi connectivity index (χ1n) is 13.5. The van der Waals surface area contributed by atoms with Gasteiger partial charge in [0.25, 0.3) is 0 Å². The summed E-state index contributed by atoms with van der Waals surface area (Å²) in [5.74, 6) is -5.97. The summed E-state index contributed by atoms with van der Waals surface area (Å²) in [6, 6.07) is 0. The summed E-state index contributed by atoms with van der Waals surface area (Å²) in [7, 11) is 0. The molecular weight excluding hydrogens is 480 g/mol. The quantitative estimate of drug-likeness (QED) is 0.362. The van der Waals surface area contributed by atoms with E-state index < -0.39 is 86.7 Å². The van der Waals surface area contributed by atoms with Crippen LogP contribution in [0, 0.1) is 40.4 Å².